The number of nitrogens with two attached hydrogens (primary N) is 1. The number of pyridine rings is 1. The summed E-state index contributed by atoms with van der Waals surface area (Å²) in [5.41, 5.74) is 7.30. The number of aromatic nitrogens is 1. The standard InChI is InChI=1S/C11H15N3O2S/c1-7-3-5-13-11(9(7)10(12)17)14-6-4-8(15)16-2/h3,5H,4,6H2,1-2H3,(H2,12,17)(H,13,14). The second kappa shape index (κ2) is 6.15. The van der Waals surface area contributed by atoms with Crippen LogP contribution in [0, 0.1) is 6.92 Å². The molecule has 0 saturated carbocycles. The van der Waals surface area contributed by atoms with Gasteiger partial charge >= 0.3 is 5.97 Å². The van der Waals surface area contributed by atoms with Gasteiger partial charge in [0.25, 0.3) is 0 Å². The largest absolute Gasteiger partial charge is 0.469 e. The van der Waals surface area contributed by atoms with Crippen LogP contribution in [-0.2, 0) is 9.53 Å². The molecule has 0 fully saturated rings. The molecular weight excluding hydrogens is 238 g/mol. The molecular formula is C11H15N3O2S. The fraction of sp³-hybridized carbons (Fsp3) is 0.364. The van der Waals surface area contributed by atoms with E-state index in [2.05, 4.69) is 15.0 Å². The van der Waals surface area contributed by atoms with Gasteiger partial charge in [0.15, 0.2) is 0 Å². The lowest BCUT2D eigenvalue weighted by Crippen LogP contribution is -2.17. The molecule has 0 bridgehead atoms. The molecule has 17 heavy (non-hydrogen) atoms. The summed E-state index contributed by atoms with van der Waals surface area (Å²) in [5, 5.41) is 3.02. The Morgan fingerprint density at radius 1 is 1.65 bits per heavy atom. The van der Waals surface area contributed by atoms with E-state index in [0.29, 0.717) is 17.9 Å². The first-order valence-corrected chi connectivity index (χ1v) is 5.53. The van der Waals surface area contributed by atoms with Crippen LogP contribution in [0.25, 0.3) is 0 Å². The van der Waals surface area contributed by atoms with E-state index >= 15 is 0 Å². The van der Waals surface area contributed by atoms with Crippen LogP contribution in [0.5, 0.6) is 0 Å². The molecule has 0 aliphatic heterocycles. The van der Waals surface area contributed by atoms with Crippen LogP contribution in [0.4, 0.5) is 5.82 Å². The third-order valence-electron chi connectivity index (χ3n) is 2.25. The van der Waals surface area contributed by atoms with Crippen molar-refractivity contribution in [2.45, 2.75) is 13.3 Å². The Morgan fingerprint density at radius 2 is 2.35 bits per heavy atom. The Hall–Kier alpha value is -1.69. The summed E-state index contributed by atoms with van der Waals surface area (Å²) in [7, 11) is 1.35. The number of esters is 1. The predicted octanol–water partition coefficient (Wildman–Crippen LogP) is 0.999. The highest BCUT2D eigenvalue weighted by molar-refractivity contribution is 7.80. The smallest absolute Gasteiger partial charge is 0.307 e. The second-order valence-electron chi connectivity index (χ2n) is 3.47. The fourth-order valence-electron chi connectivity index (χ4n) is 1.39. The van der Waals surface area contributed by atoms with E-state index in [0.717, 1.165) is 5.56 Å². The van der Waals surface area contributed by atoms with Crippen molar-refractivity contribution in [2.24, 2.45) is 5.73 Å². The molecule has 1 aromatic rings. The first-order chi connectivity index (χ1) is 8.06. The number of thiocarbonyl (C=S) groups is 1. The molecule has 1 heterocycles. The summed E-state index contributed by atoms with van der Waals surface area (Å²) in [6.07, 6.45) is 1.93. The minimum absolute atomic E-state index is 0.267. The van der Waals surface area contributed by atoms with E-state index in [1.165, 1.54) is 7.11 Å². The zero-order chi connectivity index (χ0) is 12.8. The first kappa shape index (κ1) is 13.4. The van der Waals surface area contributed by atoms with Gasteiger partial charge < -0.3 is 15.8 Å². The normalized spacial score (nSPS) is 9.76. The minimum atomic E-state index is -0.276. The quantitative estimate of drug-likeness (QED) is 0.602. The molecule has 0 radical (unpaired) electrons. The first-order valence-electron chi connectivity index (χ1n) is 5.12. The Kier molecular flexibility index (Phi) is 4.84. The summed E-state index contributed by atoms with van der Waals surface area (Å²) in [5.74, 6) is 0.323. The van der Waals surface area contributed by atoms with Crippen LogP contribution in [-0.4, -0.2) is 29.6 Å². The maximum Gasteiger partial charge on any atom is 0.307 e. The lowest BCUT2D eigenvalue weighted by Gasteiger charge is -2.11. The summed E-state index contributed by atoms with van der Waals surface area (Å²) in [6.45, 7) is 2.33. The van der Waals surface area contributed by atoms with Crippen molar-refractivity contribution < 1.29 is 9.53 Å². The molecule has 0 amide bonds. The van der Waals surface area contributed by atoms with Gasteiger partial charge in [-0.15, -0.1) is 0 Å². The number of nitrogens with one attached hydrogen (secondary N) is 1. The van der Waals surface area contributed by atoms with E-state index in [1.54, 1.807) is 6.20 Å². The average molecular weight is 253 g/mol. The zero-order valence-electron chi connectivity index (χ0n) is 9.82. The van der Waals surface area contributed by atoms with Gasteiger partial charge in [-0.05, 0) is 18.6 Å². The Labute approximate surface area is 105 Å². The third kappa shape index (κ3) is 3.67. The summed E-state index contributed by atoms with van der Waals surface area (Å²) < 4.78 is 4.54. The molecule has 0 saturated heterocycles. The number of carbonyl (C=O) groups is 1. The number of methoxy groups -OCH3 is 1. The van der Waals surface area contributed by atoms with Crippen molar-refractivity contribution in [3.05, 3.63) is 23.4 Å². The predicted molar refractivity (Wildman–Crippen MR) is 70.0 cm³/mol. The van der Waals surface area contributed by atoms with Gasteiger partial charge in [0, 0.05) is 12.7 Å². The number of hydrogen-bond donors (Lipinski definition) is 2. The van der Waals surface area contributed by atoms with Gasteiger partial charge in [0.1, 0.15) is 10.8 Å². The van der Waals surface area contributed by atoms with Gasteiger partial charge in [0.2, 0.25) is 0 Å². The number of nitrogens with zero attached hydrogens (tertiary/aromatic N) is 1. The highest BCUT2D eigenvalue weighted by Gasteiger charge is 2.09. The van der Waals surface area contributed by atoms with E-state index < -0.39 is 0 Å². The average Bonchev–Trinajstić information content (AvgIpc) is 2.28. The number of aryl methyl sites for hydroxylation is 1. The van der Waals surface area contributed by atoms with E-state index in [9.17, 15) is 4.79 Å². The van der Waals surface area contributed by atoms with Gasteiger partial charge in [-0.1, -0.05) is 12.2 Å². The lowest BCUT2D eigenvalue weighted by molar-refractivity contribution is -0.140. The molecule has 0 unspecified atom stereocenters. The van der Waals surface area contributed by atoms with E-state index in [-0.39, 0.29) is 17.4 Å². The minimum Gasteiger partial charge on any atom is -0.469 e. The maximum atomic E-state index is 11.0. The Morgan fingerprint density at radius 3 is 2.94 bits per heavy atom. The topological polar surface area (TPSA) is 77.2 Å². The molecule has 0 aliphatic carbocycles. The van der Waals surface area contributed by atoms with Crippen LogP contribution >= 0.6 is 12.2 Å². The molecule has 0 spiro atoms. The molecule has 92 valence electrons. The third-order valence-corrected chi connectivity index (χ3v) is 2.46. The van der Waals surface area contributed by atoms with Gasteiger partial charge in [-0.25, -0.2) is 4.98 Å². The van der Waals surface area contributed by atoms with Crippen LogP contribution in [0.2, 0.25) is 0 Å². The molecule has 0 atom stereocenters. The number of ether oxygens (including phenoxy) is 1. The molecule has 3 N–H and O–H groups in total. The summed E-state index contributed by atoms with van der Waals surface area (Å²) in [4.78, 5) is 15.4. The van der Waals surface area contributed by atoms with Crippen LogP contribution in [0.3, 0.4) is 0 Å². The van der Waals surface area contributed by atoms with Crippen LogP contribution in [0.1, 0.15) is 17.5 Å². The highest BCUT2D eigenvalue weighted by Crippen LogP contribution is 2.16. The van der Waals surface area contributed by atoms with Crippen LogP contribution in [0.15, 0.2) is 12.3 Å². The van der Waals surface area contributed by atoms with E-state index in [1.807, 2.05) is 13.0 Å². The highest BCUT2D eigenvalue weighted by atomic mass is 32.1. The molecule has 0 aliphatic rings. The van der Waals surface area contributed by atoms with Gasteiger partial charge in [-0.3, -0.25) is 4.79 Å². The van der Waals surface area contributed by atoms with Crippen molar-refractivity contribution in [3.63, 3.8) is 0 Å². The van der Waals surface area contributed by atoms with E-state index in [4.69, 9.17) is 18.0 Å². The monoisotopic (exact) mass is 253 g/mol. The number of rotatable bonds is 5. The molecule has 1 aromatic heterocycles. The van der Waals surface area contributed by atoms with Gasteiger partial charge in [-0.2, -0.15) is 0 Å². The van der Waals surface area contributed by atoms with Gasteiger partial charge in [0.05, 0.1) is 19.1 Å². The molecule has 0 aromatic carbocycles. The molecule has 1 rings (SSSR count). The second-order valence-corrected chi connectivity index (χ2v) is 3.91. The summed E-state index contributed by atoms with van der Waals surface area (Å²) in [6, 6.07) is 1.83. The summed E-state index contributed by atoms with van der Waals surface area (Å²) >= 11 is 4.97. The van der Waals surface area contributed by atoms with Crippen LogP contribution < -0.4 is 11.1 Å². The number of hydrogen-bond acceptors (Lipinski definition) is 5. The number of carbonyl (C=O) groups excluding carboxylic acids is 1. The lowest BCUT2D eigenvalue weighted by atomic mass is 10.1. The van der Waals surface area contributed by atoms with Crippen molar-refractivity contribution in [2.75, 3.05) is 19.0 Å². The molecule has 6 heteroatoms. The van der Waals surface area contributed by atoms with Crippen molar-refractivity contribution in [1.29, 1.82) is 0 Å². The van der Waals surface area contributed by atoms with Crippen molar-refractivity contribution in [3.8, 4) is 0 Å². The SMILES string of the molecule is COC(=O)CCNc1nccc(C)c1C(N)=S. The Balaban J connectivity index is 2.74. The zero-order valence-corrected chi connectivity index (χ0v) is 10.6. The number of anilines is 1. The molecule has 5 nitrogen and oxygen atoms in total. The fourth-order valence-corrected chi connectivity index (χ4v) is 1.65. The Bertz CT molecular complexity index is 435. The van der Waals surface area contributed by atoms with Crippen molar-refractivity contribution >= 4 is 29.0 Å². The van der Waals surface area contributed by atoms with Crippen molar-refractivity contribution in [1.82, 2.24) is 4.98 Å². The maximum absolute atomic E-state index is 11.0.